The van der Waals surface area contributed by atoms with Gasteiger partial charge in [-0.3, -0.25) is 4.68 Å². The third-order valence-electron chi connectivity index (χ3n) is 2.78. The number of thioether (sulfide) groups is 1. The fraction of sp³-hybridized carbons (Fsp3) is 0.273. The second-order valence-corrected chi connectivity index (χ2v) is 5.08. The van der Waals surface area contributed by atoms with Crippen LogP contribution in [0.5, 0.6) is 0 Å². The van der Waals surface area contributed by atoms with Crippen molar-refractivity contribution in [3.8, 4) is 0 Å². The average molecular weight is 275 g/mol. The predicted octanol–water partition coefficient (Wildman–Crippen LogP) is 0.971. The number of aromatic nitrogens is 6. The standard InChI is InChI=1S/C11H13N7S/c1-17-4-3-13-11(17)19-6-8-15-9(12)7-5-14-18(2)10(7)16-8/h3-5H,6H2,1-2H3,(H2,12,15,16). The van der Waals surface area contributed by atoms with E-state index in [4.69, 9.17) is 5.73 Å². The molecule has 19 heavy (non-hydrogen) atoms. The van der Waals surface area contributed by atoms with Gasteiger partial charge in [-0.15, -0.1) is 0 Å². The smallest absolute Gasteiger partial charge is 0.168 e. The first-order chi connectivity index (χ1) is 9.15. The number of hydrogen-bond acceptors (Lipinski definition) is 6. The number of nitrogens with zero attached hydrogens (tertiary/aromatic N) is 6. The molecule has 3 aromatic heterocycles. The number of imidazole rings is 1. The van der Waals surface area contributed by atoms with E-state index >= 15 is 0 Å². The van der Waals surface area contributed by atoms with Crippen molar-refractivity contribution in [3.63, 3.8) is 0 Å². The van der Waals surface area contributed by atoms with E-state index in [-0.39, 0.29) is 0 Å². The van der Waals surface area contributed by atoms with Gasteiger partial charge in [0.05, 0.1) is 17.3 Å². The van der Waals surface area contributed by atoms with E-state index in [9.17, 15) is 0 Å². The predicted molar refractivity (Wildman–Crippen MR) is 73.5 cm³/mol. The Morgan fingerprint density at radius 3 is 2.89 bits per heavy atom. The Morgan fingerprint density at radius 1 is 1.32 bits per heavy atom. The molecule has 3 heterocycles. The summed E-state index contributed by atoms with van der Waals surface area (Å²) in [5, 5.41) is 5.84. The summed E-state index contributed by atoms with van der Waals surface area (Å²) in [5.41, 5.74) is 6.67. The molecule has 0 saturated heterocycles. The van der Waals surface area contributed by atoms with Gasteiger partial charge in [-0.25, -0.2) is 15.0 Å². The van der Waals surface area contributed by atoms with Crippen LogP contribution >= 0.6 is 11.8 Å². The van der Waals surface area contributed by atoms with E-state index in [1.807, 2.05) is 24.9 Å². The van der Waals surface area contributed by atoms with Crippen molar-refractivity contribution < 1.29 is 0 Å². The van der Waals surface area contributed by atoms with Crippen LogP contribution in [0.4, 0.5) is 5.82 Å². The molecule has 0 aliphatic heterocycles. The first-order valence-corrected chi connectivity index (χ1v) is 6.68. The van der Waals surface area contributed by atoms with E-state index in [1.54, 1.807) is 28.8 Å². The van der Waals surface area contributed by atoms with Gasteiger partial charge in [0.1, 0.15) is 11.6 Å². The normalized spacial score (nSPS) is 11.3. The van der Waals surface area contributed by atoms with E-state index in [1.165, 1.54) is 0 Å². The fourth-order valence-corrected chi connectivity index (χ4v) is 2.56. The molecule has 0 atom stereocenters. The van der Waals surface area contributed by atoms with Crippen molar-refractivity contribution in [2.45, 2.75) is 10.9 Å². The van der Waals surface area contributed by atoms with Gasteiger partial charge in [-0.1, -0.05) is 11.8 Å². The van der Waals surface area contributed by atoms with Crippen LogP contribution in [0.15, 0.2) is 23.7 Å². The summed E-state index contributed by atoms with van der Waals surface area (Å²) in [7, 11) is 3.79. The lowest BCUT2D eigenvalue weighted by atomic mass is 10.4. The SMILES string of the molecule is Cn1ccnc1SCc1nc(N)c2cnn(C)c2n1. The van der Waals surface area contributed by atoms with Gasteiger partial charge < -0.3 is 10.3 Å². The zero-order valence-electron chi connectivity index (χ0n) is 10.6. The summed E-state index contributed by atoms with van der Waals surface area (Å²) in [5.74, 6) is 1.77. The molecule has 98 valence electrons. The van der Waals surface area contributed by atoms with Crippen LogP contribution < -0.4 is 5.73 Å². The molecule has 0 bridgehead atoms. The Bertz CT molecular complexity index is 730. The molecule has 0 amide bonds. The lowest BCUT2D eigenvalue weighted by molar-refractivity contribution is 0.780. The van der Waals surface area contributed by atoms with Gasteiger partial charge in [0.25, 0.3) is 0 Å². The Labute approximate surface area is 113 Å². The maximum absolute atomic E-state index is 5.91. The lowest BCUT2D eigenvalue weighted by Gasteiger charge is -2.03. The minimum Gasteiger partial charge on any atom is -0.383 e. The quantitative estimate of drug-likeness (QED) is 0.717. The van der Waals surface area contributed by atoms with Crippen molar-refractivity contribution in [3.05, 3.63) is 24.4 Å². The first kappa shape index (κ1) is 12.0. The van der Waals surface area contributed by atoms with E-state index in [0.29, 0.717) is 17.4 Å². The number of hydrogen-bond donors (Lipinski definition) is 1. The van der Waals surface area contributed by atoms with Crippen molar-refractivity contribution >= 4 is 28.6 Å². The molecule has 0 aromatic carbocycles. The molecular weight excluding hydrogens is 262 g/mol. The average Bonchev–Trinajstić information content (AvgIpc) is 2.95. The molecule has 7 nitrogen and oxygen atoms in total. The van der Waals surface area contributed by atoms with Gasteiger partial charge in [-0.2, -0.15) is 5.10 Å². The third-order valence-corrected chi connectivity index (χ3v) is 3.83. The van der Waals surface area contributed by atoms with Crippen molar-refractivity contribution in [1.29, 1.82) is 0 Å². The van der Waals surface area contributed by atoms with Gasteiger partial charge in [0.15, 0.2) is 10.8 Å². The molecule has 0 fully saturated rings. The molecule has 0 aliphatic rings. The molecule has 0 unspecified atom stereocenters. The zero-order chi connectivity index (χ0) is 13.4. The van der Waals surface area contributed by atoms with Gasteiger partial charge in [0, 0.05) is 26.5 Å². The second-order valence-electron chi connectivity index (χ2n) is 4.14. The Balaban J connectivity index is 1.89. The Morgan fingerprint density at radius 2 is 2.16 bits per heavy atom. The largest absolute Gasteiger partial charge is 0.383 e. The van der Waals surface area contributed by atoms with Crippen molar-refractivity contribution in [2.24, 2.45) is 14.1 Å². The molecule has 2 N–H and O–H groups in total. The van der Waals surface area contributed by atoms with E-state index in [2.05, 4.69) is 20.1 Å². The van der Waals surface area contributed by atoms with Crippen LogP contribution in [0.25, 0.3) is 11.0 Å². The van der Waals surface area contributed by atoms with Crippen LogP contribution in [0, 0.1) is 0 Å². The number of aryl methyl sites for hydroxylation is 2. The third kappa shape index (κ3) is 2.14. The van der Waals surface area contributed by atoms with E-state index < -0.39 is 0 Å². The molecular formula is C11H13N7S. The van der Waals surface area contributed by atoms with Crippen LogP contribution in [0.2, 0.25) is 0 Å². The van der Waals surface area contributed by atoms with Crippen LogP contribution in [-0.4, -0.2) is 29.3 Å². The highest BCUT2D eigenvalue weighted by molar-refractivity contribution is 7.98. The number of rotatable bonds is 3. The molecule has 0 aliphatic carbocycles. The van der Waals surface area contributed by atoms with Gasteiger partial charge in [0.2, 0.25) is 0 Å². The number of nitrogens with two attached hydrogens (primary N) is 1. The summed E-state index contributed by atoms with van der Waals surface area (Å²) in [6.45, 7) is 0. The summed E-state index contributed by atoms with van der Waals surface area (Å²) < 4.78 is 3.65. The monoisotopic (exact) mass is 275 g/mol. The highest BCUT2D eigenvalue weighted by atomic mass is 32.2. The Hall–Kier alpha value is -2.09. The number of nitrogen functional groups attached to an aromatic ring is 1. The molecule has 0 spiro atoms. The lowest BCUT2D eigenvalue weighted by Crippen LogP contribution is -2.02. The highest BCUT2D eigenvalue weighted by Crippen LogP contribution is 2.22. The van der Waals surface area contributed by atoms with Crippen LogP contribution in [-0.2, 0) is 19.8 Å². The number of anilines is 1. The molecule has 8 heteroatoms. The van der Waals surface area contributed by atoms with Crippen LogP contribution in [0.1, 0.15) is 5.82 Å². The maximum atomic E-state index is 5.91. The summed E-state index contributed by atoms with van der Waals surface area (Å²) in [6.07, 6.45) is 5.35. The van der Waals surface area contributed by atoms with Crippen LogP contribution in [0.3, 0.4) is 0 Å². The molecule has 0 radical (unpaired) electrons. The number of fused-ring (bicyclic) bond motifs is 1. The second kappa shape index (κ2) is 4.54. The zero-order valence-corrected chi connectivity index (χ0v) is 11.4. The fourth-order valence-electron chi connectivity index (χ4n) is 1.78. The minimum atomic E-state index is 0.466. The Kier molecular flexibility index (Phi) is 2.86. The molecule has 3 rings (SSSR count). The summed E-state index contributed by atoms with van der Waals surface area (Å²) in [6, 6.07) is 0. The van der Waals surface area contributed by atoms with Crippen molar-refractivity contribution in [2.75, 3.05) is 5.73 Å². The maximum Gasteiger partial charge on any atom is 0.168 e. The highest BCUT2D eigenvalue weighted by Gasteiger charge is 2.10. The topological polar surface area (TPSA) is 87.4 Å². The summed E-state index contributed by atoms with van der Waals surface area (Å²) in [4.78, 5) is 13.0. The molecule has 0 saturated carbocycles. The van der Waals surface area contributed by atoms with Crippen molar-refractivity contribution in [1.82, 2.24) is 29.3 Å². The van der Waals surface area contributed by atoms with Gasteiger partial charge >= 0.3 is 0 Å². The van der Waals surface area contributed by atoms with E-state index in [0.717, 1.165) is 16.2 Å². The minimum absolute atomic E-state index is 0.466. The summed E-state index contributed by atoms with van der Waals surface area (Å²) >= 11 is 1.57. The van der Waals surface area contributed by atoms with Gasteiger partial charge in [-0.05, 0) is 0 Å². The first-order valence-electron chi connectivity index (χ1n) is 5.69. The molecule has 3 aromatic rings.